The van der Waals surface area contributed by atoms with Gasteiger partial charge in [-0.2, -0.15) is 0 Å². The third kappa shape index (κ3) is 3.97. The van der Waals surface area contributed by atoms with Crippen LogP contribution in [0.4, 0.5) is 11.4 Å². The molecule has 2 aromatic heterocycles. The van der Waals surface area contributed by atoms with Gasteiger partial charge >= 0.3 is 0 Å². The van der Waals surface area contributed by atoms with Crippen molar-refractivity contribution in [3.05, 3.63) is 53.2 Å². The van der Waals surface area contributed by atoms with Crippen molar-refractivity contribution < 1.29 is 4.74 Å². The minimum atomic E-state index is 0.799. The predicted molar refractivity (Wildman–Crippen MR) is 121 cm³/mol. The van der Waals surface area contributed by atoms with Crippen LogP contribution in [0.1, 0.15) is 39.0 Å². The molecule has 0 bridgehead atoms. The van der Waals surface area contributed by atoms with E-state index in [1.807, 2.05) is 6.07 Å². The van der Waals surface area contributed by atoms with Gasteiger partial charge in [0.05, 0.1) is 21.7 Å². The van der Waals surface area contributed by atoms with Gasteiger partial charge in [-0.3, -0.25) is 0 Å². The van der Waals surface area contributed by atoms with Gasteiger partial charge in [0.1, 0.15) is 5.75 Å². The summed E-state index contributed by atoms with van der Waals surface area (Å²) in [4.78, 5) is 0. The number of benzene rings is 2. The largest absolute Gasteiger partial charge is 0.491 e. The van der Waals surface area contributed by atoms with Crippen LogP contribution in [0.15, 0.2) is 53.2 Å². The lowest BCUT2D eigenvalue weighted by atomic mass is 10.1. The van der Waals surface area contributed by atoms with Crippen molar-refractivity contribution >= 4 is 54.2 Å². The molecule has 1 N–H and O–H groups in total. The average molecular weight is 396 g/mol. The first-order chi connectivity index (χ1) is 13.4. The quantitative estimate of drug-likeness (QED) is 0.288. The van der Waals surface area contributed by atoms with Crippen LogP contribution >= 0.6 is 22.7 Å². The summed E-state index contributed by atoms with van der Waals surface area (Å²) >= 11 is 3.55. The Hall–Kier alpha value is -2.04. The molecule has 0 radical (unpaired) electrons. The highest BCUT2D eigenvalue weighted by Gasteiger charge is 2.17. The minimum absolute atomic E-state index is 0.799. The molecule has 0 saturated carbocycles. The standard InChI is InChI=1S/C23H25NOS2/c1-2-3-4-5-9-14-25-21-19-13-16-26-22(19)20(18-12-15-27-23(18)21)24-17-10-7-6-8-11-17/h6-8,10-13,15-16,24H,2-5,9,14H2,1H3. The maximum Gasteiger partial charge on any atom is 0.145 e. The molecule has 0 spiro atoms. The first-order valence-electron chi connectivity index (χ1n) is 9.73. The van der Waals surface area contributed by atoms with Crippen LogP contribution in [-0.4, -0.2) is 6.61 Å². The Labute approximate surface area is 168 Å². The number of hydrogen-bond acceptors (Lipinski definition) is 4. The molecule has 0 saturated heterocycles. The zero-order chi connectivity index (χ0) is 18.5. The highest BCUT2D eigenvalue weighted by Crippen LogP contribution is 2.46. The molecule has 4 aromatic rings. The lowest BCUT2D eigenvalue weighted by Crippen LogP contribution is -1.99. The van der Waals surface area contributed by atoms with Crippen molar-refractivity contribution in [1.82, 2.24) is 0 Å². The van der Waals surface area contributed by atoms with Gasteiger partial charge in [-0.1, -0.05) is 50.8 Å². The number of rotatable bonds is 9. The summed E-state index contributed by atoms with van der Waals surface area (Å²) in [6, 6.07) is 14.8. The van der Waals surface area contributed by atoms with Gasteiger partial charge in [-0.25, -0.2) is 0 Å². The number of ether oxygens (including phenoxy) is 1. The van der Waals surface area contributed by atoms with Gasteiger partial charge in [0.2, 0.25) is 0 Å². The summed E-state index contributed by atoms with van der Waals surface area (Å²) in [5.41, 5.74) is 2.31. The lowest BCUT2D eigenvalue weighted by molar-refractivity contribution is 0.312. The number of fused-ring (bicyclic) bond motifs is 2. The Morgan fingerprint density at radius 2 is 1.56 bits per heavy atom. The zero-order valence-electron chi connectivity index (χ0n) is 15.7. The highest BCUT2D eigenvalue weighted by atomic mass is 32.1. The van der Waals surface area contributed by atoms with Crippen molar-refractivity contribution in [3.8, 4) is 5.75 Å². The highest BCUT2D eigenvalue weighted by molar-refractivity contribution is 7.20. The van der Waals surface area contributed by atoms with Gasteiger partial charge < -0.3 is 10.1 Å². The van der Waals surface area contributed by atoms with Crippen molar-refractivity contribution in [3.63, 3.8) is 0 Å². The number of hydrogen-bond donors (Lipinski definition) is 1. The molecule has 0 aliphatic carbocycles. The number of unbranched alkanes of at least 4 members (excludes halogenated alkanes) is 4. The van der Waals surface area contributed by atoms with E-state index in [2.05, 4.69) is 59.4 Å². The molecule has 140 valence electrons. The Morgan fingerprint density at radius 3 is 2.37 bits per heavy atom. The summed E-state index contributed by atoms with van der Waals surface area (Å²) in [6.45, 7) is 3.05. The summed E-state index contributed by atoms with van der Waals surface area (Å²) in [7, 11) is 0. The van der Waals surface area contributed by atoms with E-state index in [4.69, 9.17) is 4.74 Å². The van der Waals surface area contributed by atoms with Crippen LogP contribution in [0.5, 0.6) is 5.75 Å². The van der Waals surface area contributed by atoms with Crippen LogP contribution in [0.2, 0.25) is 0 Å². The van der Waals surface area contributed by atoms with Gasteiger partial charge in [0.25, 0.3) is 0 Å². The molecular formula is C23H25NOS2. The van der Waals surface area contributed by atoms with Crippen LogP contribution in [0, 0.1) is 0 Å². The van der Waals surface area contributed by atoms with Crippen molar-refractivity contribution in [2.45, 2.75) is 39.0 Å². The van der Waals surface area contributed by atoms with Crippen molar-refractivity contribution in [1.29, 1.82) is 0 Å². The summed E-state index contributed by atoms with van der Waals surface area (Å²) in [5.74, 6) is 1.06. The zero-order valence-corrected chi connectivity index (χ0v) is 17.3. The first kappa shape index (κ1) is 18.3. The second kappa shape index (κ2) is 8.77. The molecule has 2 heterocycles. The number of para-hydroxylation sites is 1. The smallest absolute Gasteiger partial charge is 0.145 e. The Kier molecular flexibility index (Phi) is 5.95. The molecule has 4 heteroatoms. The minimum Gasteiger partial charge on any atom is -0.491 e. The second-order valence-corrected chi connectivity index (χ2v) is 8.62. The van der Waals surface area contributed by atoms with E-state index in [1.165, 1.54) is 51.5 Å². The molecule has 2 aromatic carbocycles. The second-order valence-electron chi connectivity index (χ2n) is 6.78. The average Bonchev–Trinajstić information content (AvgIpc) is 3.37. The van der Waals surface area contributed by atoms with Gasteiger partial charge in [0, 0.05) is 16.5 Å². The molecule has 4 rings (SSSR count). The van der Waals surface area contributed by atoms with Gasteiger partial charge in [0.15, 0.2) is 0 Å². The van der Waals surface area contributed by atoms with Gasteiger partial charge in [-0.15, -0.1) is 22.7 Å². The molecule has 0 atom stereocenters. The van der Waals surface area contributed by atoms with E-state index in [1.54, 1.807) is 22.7 Å². The third-order valence-corrected chi connectivity index (χ3v) is 6.66. The molecule has 0 amide bonds. The van der Waals surface area contributed by atoms with Crippen molar-refractivity contribution in [2.24, 2.45) is 0 Å². The molecule has 0 fully saturated rings. The maximum atomic E-state index is 6.32. The van der Waals surface area contributed by atoms with E-state index in [0.29, 0.717) is 0 Å². The molecule has 0 aliphatic heterocycles. The molecule has 0 aliphatic rings. The van der Waals surface area contributed by atoms with E-state index in [9.17, 15) is 0 Å². The molecule has 2 nitrogen and oxygen atoms in total. The number of nitrogens with one attached hydrogen (secondary N) is 1. The van der Waals surface area contributed by atoms with Gasteiger partial charge in [-0.05, 0) is 41.4 Å². The third-order valence-electron chi connectivity index (χ3n) is 4.82. The summed E-state index contributed by atoms with van der Waals surface area (Å²) < 4.78 is 8.84. The number of thiophene rings is 2. The Morgan fingerprint density at radius 1 is 0.815 bits per heavy atom. The van der Waals surface area contributed by atoms with Crippen LogP contribution < -0.4 is 10.1 Å². The first-order valence-corrected chi connectivity index (χ1v) is 11.5. The lowest BCUT2D eigenvalue weighted by Gasteiger charge is -2.14. The monoisotopic (exact) mass is 395 g/mol. The van der Waals surface area contributed by atoms with E-state index >= 15 is 0 Å². The fourth-order valence-electron chi connectivity index (χ4n) is 3.42. The van der Waals surface area contributed by atoms with E-state index in [0.717, 1.165) is 24.5 Å². The number of anilines is 2. The maximum absolute atomic E-state index is 6.32. The SMILES string of the molecule is CCCCCCCOc1c2ccsc2c(Nc2ccccc2)c2ccsc12. The molecular weight excluding hydrogens is 370 g/mol. The van der Waals surface area contributed by atoms with E-state index < -0.39 is 0 Å². The normalized spacial score (nSPS) is 11.3. The summed E-state index contributed by atoms with van der Waals surface area (Å²) in [5, 5.41) is 10.4. The van der Waals surface area contributed by atoms with E-state index in [-0.39, 0.29) is 0 Å². The van der Waals surface area contributed by atoms with Crippen LogP contribution in [0.3, 0.4) is 0 Å². The Bertz CT molecular complexity index is 952. The topological polar surface area (TPSA) is 21.3 Å². The fraction of sp³-hybridized carbons (Fsp3) is 0.304. The predicted octanol–water partition coefficient (Wildman–Crippen LogP) is 8.21. The van der Waals surface area contributed by atoms with Crippen LogP contribution in [0.25, 0.3) is 20.2 Å². The molecule has 0 unspecified atom stereocenters. The fourth-order valence-corrected chi connectivity index (χ4v) is 5.24. The molecule has 27 heavy (non-hydrogen) atoms. The Balaban J connectivity index is 1.64. The van der Waals surface area contributed by atoms with Crippen molar-refractivity contribution in [2.75, 3.05) is 11.9 Å². The van der Waals surface area contributed by atoms with Crippen LogP contribution in [-0.2, 0) is 0 Å². The summed E-state index contributed by atoms with van der Waals surface area (Å²) in [6.07, 6.45) is 6.29.